The van der Waals surface area contributed by atoms with Crippen LogP contribution in [0, 0.1) is 15.9 Å². The van der Waals surface area contributed by atoms with Crippen LogP contribution in [0.5, 0.6) is 11.5 Å². The summed E-state index contributed by atoms with van der Waals surface area (Å²) in [5, 5.41) is 19.8. The molecule has 0 amide bonds. The minimum absolute atomic E-state index is 0.00828. The topological polar surface area (TPSA) is 72.6 Å². The predicted octanol–water partition coefficient (Wildman–Crippen LogP) is 3.02. The average Bonchev–Trinajstić information content (AvgIpc) is 2.41. The number of hydrogen-bond donors (Lipinski definition) is 1. The molecule has 0 aliphatic rings. The normalized spacial score (nSPS) is 10.2. The van der Waals surface area contributed by atoms with E-state index in [4.69, 9.17) is 4.74 Å². The highest BCUT2D eigenvalue weighted by molar-refractivity contribution is 5.45. The average molecular weight is 263 g/mol. The molecule has 0 aliphatic carbocycles. The lowest BCUT2D eigenvalue weighted by Gasteiger charge is -2.10. The minimum Gasteiger partial charge on any atom is -0.454 e. The Hall–Kier alpha value is -2.47. The lowest BCUT2D eigenvalue weighted by Crippen LogP contribution is -1.96. The first kappa shape index (κ1) is 13.0. The lowest BCUT2D eigenvalue weighted by molar-refractivity contribution is -0.385. The number of nitrogens with zero attached hydrogens (tertiary/aromatic N) is 1. The lowest BCUT2D eigenvalue weighted by atomic mass is 10.2. The van der Waals surface area contributed by atoms with Crippen LogP contribution in [0.1, 0.15) is 5.56 Å². The number of aliphatic hydroxyl groups excluding tert-OH is 1. The van der Waals surface area contributed by atoms with Gasteiger partial charge in [0.1, 0.15) is 5.75 Å². The van der Waals surface area contributed by atoms with Gasteiger partial charge in [-0.15, -0.1) is 0 Å². The fourth-order valence-corrected chi connectivity index (χ4v) is 1.55. The van der Waals surface area contributed by atoms with Crippen molar-refractivity contribution in [2.24, 2.45) is 0 Å². The summed E-state index contributed by atoms with van der Waals surface area (Å²) in [6, 6.07) is 9.53. The molecule has 19 heavy (non-hydrogen) atoms. The number of hydrogen-bond acceptors (Lipinski definition) is 4. The largest absolute Gasteiger partial charge is 0.454 e. The van der Waals surface area contributed by atoms with Crippen LogP contribution in [0.4, 0.5) is 10.1 Å². The van der Waals surface area contributed by atoms with E-state index in [-0.39, 0.29) is 22.7 Å². The molecular weight excluding hydrogens is 253 g/mol. The van der Waals surface area contributed by atoms with E-state index >= 15 is 0 Å². The molecule has 5 nitrogen and oxygen atoms in total. The predicted molar refractivity (Wildman–Crippen MR) is 65.5 cm³/mol. The number of halogens is 1. The van der Waals surface area contributed by atoms with Gasteiger partial charge in [0.2, 0.25) is 0 Å². The molecule has 0 bridgehead atoms. The first-order valence-electron chi connectivity index (χ1n) is 5.42. The van der Waals surface area contributed by atoms with Crippen LogP contribution in [-0.2, 0) is 6.61 Å². The van der Waals surface area contributed by atoms with Crippen molar-refractivity contribution < 1.29 is 19.2 Å². The SMILES string of the molecule is O=[N+]([O-])c1ccc(Oc2ccccc2F)c(CO)c1. The molecule has 98 valence electrons. The quantitative estimate of drug-likeness (QED) is 0.679. The standard InChI is InChI=1S/C13H10FNO4/c14-11-3-1-2-4-13(11)19-12-6-5-10(15(17)18)7-9(12)8-16/h1-7,16H,8H2. The van der Waals surface area contributed by atoms with Gasteiger partial charge in [0.15, 0.2) is 11.6 Å². The molecule has 0 atom stereocenters. The zero-order valence-electron chi connectivity index (χ0n) is 9.75. The Morgan fingerprint density at radius 3 is 2.58 bits per heavy atom. The molecule has 0 unspecified atom stereocenters. The first-order valence-corrected chi connectivity index (χ1v) is 5.42. The molecule has 0 aliphatic heterocycles. The highest BCUT2D eigenvalue weighted by Crippen LogP contribution is 2.30. The third kappa shape index (κ3) is 2.86. The third-order valence-corrected chi connectivity index (χ3v) is 2.48. The molecule has 0 saturated carbocycles. The van der Waals surface area contributed by atoms with Crippen LogP contribution in [0.3, 0.4) is 0 Å². The molecular formula is C13H10FNO4. The first-order chi connectivity index (χ1) is 9.11. The Morgan fingerprint density at radius 1 is 1.21 bits per heavy atom. The van der Waals surface area contributed by atoms with Gasteiger partial charge >= 0.3 is 0 Å². The molecule has 2 aromatic carbocycles. The van der Waals surface area contributed by atoms with Crippen molar-refractivity contribution >= 4 is 5.69 Å². The number of rotatable bonds is 4. The van der Waals surface area contributed by atoms with Gasteiger partial charge in [0.25, 0.3) is 5.69 Å². The highest BCUT2D eigenvalue weighted by Gasteiger charge is 2.13. The van der Waals surface area contributed by atoms with Crippen LogP contribution >= 0.6 is 0 Å². The third-order valence-electron chi connectivity index (χ3n) is 2.48. The van der Waals surface area contributed by atoms with Gasteiger partial charge < -0.3 is 9.84 Å². The van der Waals surface area contributed by atoms with E-state index in [2.05, 4.69) is 0 Å². The van der Waals surface area contributed by atoms with Crippen molar-refractivity contribution in [1.29, 1.82) is 0 Å². The van der Waals surface area contributed by atoms with Crippen LogP contribution in [0.25, 0.3) is 0 Å². The van der Waals surface area contributed by atoms with E-state index < -0.39 is 17.3 Å². The molecule has 0 spiro atoms. The molecule has 1 N–H and O–H groups in total. The monoisotopic (exact) mass is 263 g/mol. The van der Waals surface area contributed by atoms with E-state index in [0.29, 0.717) is 0 Å². The number of para-hydroxylation sites is 1. The van der Waals surface area contributed by atoms with E-state index in [1.807, 2.05) is 0 Å². The molecule has 2 aromatic rings. The van der Waals surface area contributed by atoms with Crippen molar-refractivity contribution in [2.45, 2.75) is 6.61 Å². The van der Waals surface area contributed by atoms with Crippen LogP contribution in [0.15, 0.2) is 42.5 Å². The van der Waals surface area contributed by atoms with Crippen molar-refractivity contribution in [2.75, 3.05) is 0 Å². The van der Waals surface area contributed by atoms with Gasteiger partial charge in [0, 0.05) is 17.7 Å². The second-order valence-electron chi connectivity index (χ2n) is 3.74. The highest BCUT2D eigenvalue weighted by atomic mass is 19.1. The summed E-state index contributed by atoms with van der Waals surface area (Å²) < 4.78 is 18.7. The Balaban J connectivity index is 2.35. The van der Waals surface area contributed by atoms with Gasteiger partial charge in [0.05, 0.1) is 11.5 Å². The summed E-state index contributed by atoms with van der Waals surface area (Å²) >= 11 is 0. The summed E-state index contributed by atoms with van der Waals surface area (Å²) in [6.07, 6.45) is 0. The maximum atomic E-state index is 13.4. The number of nitro groups is 1. The summed E-state index contributed by atoms with van der Waals surface area (Å²) in [5.41, 5.74) is 0.0578. The molecule has 2 rings (SSSR count). The van der Waals surface area contributed by atoms with E-state index in [0.717, 1.165) is 0 Å². The maximum Gasteiger partial charge on any atom is 0.270 e. The Kier molecular flexibility index (Phi) is 3.72. The Labute approximate surface area is 108 Å². The Morgan fingerprint density at radius 2 is 1.95 bits per heavy atom. The Bertz CT molecular complexity index is 615. The summed E-state index contributed by atoms with van der Waals surface area (Å²) in [7, 11) is 0. The number of benzene rings is 2. The van der Waals surface area contributed by atoms with Gasteiger partial charge in [-0.3, -0.25) is 10.1 Å². The smallest absolute Gasteiger partial charge is 0.270 e. The van der Waals surface area contributed by atoms with E-state index in [9.17, 15) is 19.6 Å². The maximum absolute atomic E-state index is 13.4. The fraction of sp³-hybridized carbons (Fsp3) is 0.0769. The van der Waals surface area contributed by atoms with Crippen LogP contribution in [0.2, 0.25) is 0 Å². The molecule has 6 heteroatoms. The number of non-ortho nitro benzene ring substituents is 1. The van der Waals surface area contributed by atoms with Crippen LogP contribution < -0.4 is 4.74 Å². The second-order valence-corrected chi connectivity index (χ2v) is 3.74. The fourth-order valence-electron chi connectivity index (χ4n) is 1.55. The van der Waals surface area contributed by atoms with Crippen LogP contribution in [-0.4, -0.2) is 10.0 Å². The van der Waals surface area contributed by atoms with Crippen molar-refractivity contribution in [3.8, 4) is 11.5 Å². The second kappa shape index (κ2) is 5.45. The summed E-state index contributed by atoms with van der Waals surface area (Å²) in [6.45, 7) is -0.439. The summed E-state index contributed by atoms with van der Waals surface area (Å²) in [5.74, 6) is -0.381. The number of aliphatic hydroxyl groups is 1. The molecule has 0 aromatic heterocycles. The zero-order valence-corrected chi connectivity index (χ0v) is 9.75. The minimum atomic E-state index is -0.577. The summed E-state index contributed by atoms with van der Waals surface area (Å²) in [4.78, 5) is 10.0. The van der Waals surface area contributed by atoms with Crippen molar-refractivity contribution in [3.63, 3.8) is 0 Å². The van der Waals surface area contributed by atoms with E-state index in [1.165, 1.54) is 36.4 Å². The molecule has 0 radical (unpaired) electrons. The molecule has 0 heterocycles. The zero-order chi connectivity index (χ0) is 13.8. The number of nitro benzene ring substituents is 1. The van der Waals surface area contributed by atoms with Crippen molar-refractivity contribution in [1.82, 2.24) is 0 Å². The molecule has 0 fully saturated rings. The van der Waals surface area contributed by atoms with Gasteiger partial charge in [-0.1, -0.05) is 12.1 Å². The number of ether oxygens (including phenoxy) is 1. The molecule has 0 saturated heterocycles. The van der Waals surface area contributed by atoms with Crippen molar-refractivity contribution in [3.05, 3.63) is 64.0 Å². The van der Waals surface area contributed by atoms with Gasteiger partial charge in [-0.25, -0.2) is 4.39 Å². The van der Waals surface area contributed by atoms with Gasteiger partial charge in [-0.2, -0.15) is 0 Å². The van der Waals surface area contributed by atoms with Gasteiger partial charge in [-0.05, 0) is 18.2 Å². The van der Waals surface area contributed by atoms with E-state index in [1.54, 1.807) is 6.07 Å².